The summed E-state index contributed by atoms with van der Waals surface area (Å²) in [4.78, 5) is 11.9. The number of carbonyl (C=O) groups is 1. The average Bonchev–Trinajstić information content (AvgIpc) is 2.48. The molecule has 0 spiro atoms. The van der Waals surface area contributed by atoms with Gasteiger partial charge in [0.25, 0.3) is 0 Å². The summed E-state index contributed by atoms with van der Waals surface area (Å²) in [6.45, 7) is 10.2. The monoisotopic (exact) mass is 226 g/mol. The van der Waals surface area contributed by atoms with Crippen LogP contribution in [0.3, 0.4) is 0 Å². The van der Waals surface area contributed by atoms with Crippen LogP contribution >= 0.6 is 0 Å². The van der Waals surface area contributed by atoms with Gasteiger partial charge in [-0.05, 0) is 47.5 Å². The van der Waals surface area contributed by atoms with Crippen LogP contribution in [0.4, 0.5) is 0 Å². The second kappa shape index (κ2) is 4.74. The lowest BCUT2D eigenvalue weighted by Gasteiger charge is -2.31. The van der Waals surface area contributed by atoms with Crippen molar-refractivity contribution in [1.29, 1.82) is 0 Å². The molecule has 0 aliphatic heterocycles. The van der Waals surface area contributed by atoms with Gasteiger partial charge in [0.2, 0.25) is 5.91 Å². The molecule has 0 radical (unpaired) electrons. The number of nitrogens with one attached hydrogen (secondary N) is 2. The first-order valence-electron chi connectivity index (χ1n) is 6.32. The lowest BCUT2D eigenvalue weighted by atomic mass is 9.99. The minimum Gasteiger partial charge on any atom is -0.350 e. The molecule has 0 saturated heterocycles. The van der Waals surface area contributed by atoms with Crippen molar-refractivity contribution in [3.05, 3.63) is 0 Å². The molecule has 0 aromatic rings. The number of rotatable bonds is 3. The van der Waals surface area contributed by atoms with Crippen LogP contribution in [-0.2, 0) is 4.79 Å². The Morgan fingerprint density at radius 2 is 1.75 bits per heavy atom. The van der Waals surface area contributed by atoms with E-state index in [1.165, 1.54) is 25.7 Å². The maximum Gasteiger partial charge on any atom is 0.237 e. The van der Waals surface area contributed by atoms with E-state index in [9.17, 15) is 4.79 Å². The first-order chi connectivity index (χ1) is 7.22. The average molecular weight is 226 g/mol. The van der Waals surface area contributed by atoms with Crippen molar-refractivity contribution in [2.24, 2.45) is 0 Å². The fraction of sp³-hybridized carbons (Fsp3) is 0.923. The van der Waals surface area contributed by atoms with Crippen molar-refractivity contribution in [1.82, 2.24) is 10.6 Å². The summed E-state index contributed by atoms with van der Waals surface area (Å²) in [6.07, 6.45) is 4.91. The molecule has 16 heavy (non-hydrogen) atoms. The van der Waals surface area contributed by atoms with Gasteiger partial charge in [0.15, 0.2) is 0 Å². The van der Waals surface area contributed by atoms with Crippen LogP contribution in [0.2, 0.25) is 0 Å². The summed E-state index contributed by atoms with van der Waals surface area (Å²) in [6, 6.07) is -0.109. The molecule has 1 aliphatic rings. The molecule has 1 amide bonds. The van der Waals surface area contributed by atoms with E-state index in [1.807, 2.05) is 27.7 Å². The third-order valence-electron chi connectivity index (χ3n) is 3.16. The van der Waals surface area contributed by atoms with Crippen LogP contribution in [-0.4, -0.2) is 23.0 Å². The normalized spacial score (nSPS) is 21.8. The van der Waals surface area contributed by atoms with E-state index in [2.05, 4.69) is 17.6 Å². The molecular formula is C13H26N2O. The zero-order valence-corrected chi connectivity index (χ0v) is 11.3. The van der Waals surface area contributed by atoms with Gasteiger partial charge >= 0.3 is 0 Å². The maximum atomic E-state index is 11.9. The zero-order chi connectivity index (χ0) is 12.4. The quantitative estimate of drug-likeness (QED) is 0.774. The largest absolute Gasteiger partial charge is 0.350 e. The standard InChI is InChI=1S/C13H26N2O/c1-10(11(16)15-12(2,3)4)14-13(5)8-6-7-9-13/h10,14H,6-9H2,1-5H3,(H,15,16). The smallest absolute Gasteiger partial charge is 0.237 e. The van der Waals surface area contributed by atoms with E-state index < -0.39 is 0 Å². The topological polar surface area (TPSA) is 41.1 Å². The van der Waals surface area contributed by atoms with Gasteiger partial charge in [-0.2, -0.15) is 0 Å². The second-order valence-electron chi connectivity index (χ2n) is 6.37. The van der Waals surface area contributed by atoms with Gasteiger partial charge in [0.1, 0.15) is 0 Å². The molecule has 3 nitrogen and oxygen atoms in total. The summed E-state index contributed by atoms with van der Waals surface area (Å²) in [5.41, 5.74) is 0.0121. The van der Waals surface area contributed by atoms with Crippen LogP contribution in [0, 0.1) is 0 Å². The van der Waals surface area contributed by atoms with Crippen LogP contribution in [0.1, 0.15) is 60.3 Å². The summed E-state index contributed by atoms with van der Waals surface area (Å²) < 4.78 is 0. The van der Waals surface area contributed by atoms with Crippen molar-refractivity contribution in [2.75, 3.05) is 0 Å². The number of hydrogen-bond acceptors (Lipinski definition) is 2. The third-order valence-corrected chi connectivity index (χ3v) is 3.16. The summed E-state index contributed by atoms with van der Waals surface area (Å²) in [7, 11) is 0. The van der Waals surface area contributed by atoms with Crippen molar-refractivity contribution in [3.63, 3.8) is 0 Å². The second-order valence-corrected chi connectivity index (χ2v) is 6.37. The van der Waals surface area contributed by atoms with Crippen molar-refractivity contribution < 1.29 is 4.79 Å². The molecule has 1 rings (SSSR count). The van der Waals surface area contributed by atoms with Gasteiger partial charge in [-0.25, -0.2) is 0 Å². The van der Waals surface area contributed by atoms with Crippen molar-refractivity contribution in [3.8, 4) is 0 Å². The molecule has 2 N–H and O–H groups in total. The van der Waals surface area contributed by atoms with Crippen molar-refractivity contribution >= 4 is 5.91 Å². The van der Waals surface area contributed by atoms with Gasteiger partial charge in [0.05, 0.1) is 6.04 Å². The molecule has 0 bridgehead atoms. The maximum absolute atomic E-state index is 11.9. The van der Waals surface area contributed by atoms with E-state index >= 15 is 0 Å². The van der Waals surface area contributed by atoms with Gasteiger partial charge < -0.3 is 10.6 Å². The van der Waals surface area contributed by atoms with E-state index in [-0.39, 0.29) is 23.0 Å². The Morgan fingerprint density at radius 1 is 1.25 bits per heavy atom. The SMILES string of the molecule is CC(NC1(C)CCCC1)C(=O)NC(C)(C)C. The molecule has 1 atom stereocenters. The molecule has 1 saturated carbocycles. The first kappa shape index (κ1) is 13.5. The van der Waals surface area contributed by atoms with Crippen LogP contribution in [0.5, 0.6) is 0 Å². The highest BCUT2D eigenvalue weighted by molar-refractivity contribution is 5.82. The Bertz CT molecular complexity index is 249. The van der Waals surface area contributed by atoms with Gasteiger partial charge in [-0.1, -0.05) is 12.8 Å². The molecule has 1 aliphatic carbocycles. The molecule has 94 valence electrons. The predicted molar refractivity (Wildman–Crippen MR) is 67.4 cm³/mol. The van der Waals surface area contributed by atoms with E-state index in [4.69, 9.17) is 0 Å². The minimum atomic E-state index is -0.149. The molecule has 1 unspecified atom stereocenters. The fourth-order valence-electron chi connectivity index (χ4n) is 2.37. The van der Waals surface area contributed by atoms with Crippen LogP contribution in [0.15, 0.2) is 0 Å². The summed E-state index contributed by atoms with van der Waals surface area (Å²) in [5, 5.41) is 6.47. The van der Waals surface area contributed by atoms with E-state index in [0.29, 0.717) is 0 Å². The molecule has 0 heterocycles. The minimum absolute atomic E-state index is 0.0978. The van der Waals surface area contributed by atoms with Crippen LogP contribution < -0.4 is 10.6 Å². The Morgan fingerprint density at radius 3 is 2.19 bits per heavy atom. The lowest BCUT2D eigenvalue weighted by Crippen LogP contribution is -2.54. The fourth-order valence-corrected chi connectivity index (χ4v) is 2.37. The third kappa shape index (κ3) is 4.12. The van der Waals surface area contributed by atoms with E-state index in [0.717, 1.165) is 0 Å². The summed E-state index contributed by atoms with van der Waals surface area (Å²) >= 11 is 0. The number of amides is 1. The highest BCUT2D eigenvalue weighted by Gasteiger charge is 2.32. The first-order valence-corrected chi connectivity index (χ1v) is 6.32. The Balaban J connectivity index is 2.45. The number of hydrogen-bond donors (Lipinski definition) is 2. The Kier molecular flexibility index (Phi) is 4.00. The molecular weight excluding hydrogens is 200 g/mol. The van der Waals surface area contributed by atoms with Gasteiger partial charge in [-0.15, -0.1) is 0 Å². The zero-order valence-electron chi connectivity index (χ0n) is 11.3. The molecule has 1 fully saturated rings. The van der Waals surface area contributed by atoms with Crippen molar-refractivity contribution in [2.45, 2.75) is 77.4 Å². The van der Waals surface area contributed by atoms with E-state index in [1.54, 1.807) is 0 Å². The van der Waals surface area contributed by atoms with Gasteiger partial charge in [0, 0.05) is 11.1 Å². The highest BCUT2D eigenvalue weighted by Crippen LogP contribution is 2.29. The predicted octanol–water partition coefficient (Wildman–Crippen LogP) is 2.21. The molecule has 0 aromatic heterocycles. The highest BCUT2D eigenvalue weighted by atomic mass is 16.2. The van der Waals surface area contributed by atoms with Crippen LogP contribution in [0.25, 0.3) is 0 Å². The van der Waals surface area contributed by atoms with Gasteiger partial charge in [-0.3, -0.25) is 4.79 Å². The molecule has 3 heteroatoms. The number of carbonyl (C=O) groups excluding carboxylic acids is 1. The summed E-state index contributed by atoms with van der Waals surface area (Å²) in [5.74, 6) is 0.0978. The lowest BCUT2D eigenvalue weighted by molar-refractivity contribution is -0.124. The Labute approximate surface area is 99.4 Å². The Hall–Kier alpha value is -0.570. The molecule has 0 aromatic carbocycles.